The van der Waals surface area contributed by atoms with Gasteiger partial charge in [0.1, 0.15) is 6.54 Å². The molecule has 2 N–H and O–H groups in total. The Balaban J connectivity index is 1.66. The second kappa shape index (κ2) is 5.99. The van der Waals surface area contributed by atoms with E-state index in [9.17, 15) is 19.2 Å². The minimum atomic E-state index is -0.670. The molecule has 3 rings (SSSR count). The number of anilines is 1. The third-order valence-electron chi connectivity index (χ3n) is 3.65. The van der Waals surface area contributed by atoms with E-state index in [1.165, 1.54) is 4.90 Å². The number of urea groups is 1. The van der Waals surface area contributed by atoms with Crippen molar-refractivity contribution in [3.63, 3.8) is 0 Å². The molecule has 0 spiro atoms. The summed E-state index contributed by atoms with van der Waals surface area (Å²) in [7, 11) is 0. The highest BCUT2D eigenvalue weighted by Gasteiger charge is 2.37. The average molecular weight is 381 g/mol. The van der Waals surface area contributed by atoms with Gasteiger partial charge < -0.3 is 4.90 Å². The lowest BCUT2D eigenvalue weighted by atomic mass is 10.1. The van der Waals surface area contributed by atoms with Crippen molar-refractivity contribution < 1.29 is 19.2 Å². The smallest absolute Gasteiger partial charge is 0.312 e. The van der Waals surface area contributed by atoms with Gasteiger partial charge in [-0.2, -0.15) is 0 Å². The summed E-state index contributed by atoms with van der Waals surface area (Å²) in [5.74, 6) is -1.68. The first-order chi connectivity index (χ1) is 10.9. The van der Waals surface area contributed by atoms with E-state index in [1.54, 1.807) is 18.2 Å². The van der Waals surface area contributed by atoms with Gasteiger partial charge in [-0.3, -0.25) is 25.1 Å². The molecule has 0 bridgehead atoms. The molecule has 2 heterocycles. The maximum Gasteiger partial charge on any atom is 0.343 e. The van der Waals surface area contributed by atoms with Crippen LogP contribution < -0.4 is 15.6 Å². The molecule has 0 radical (unpaired) electrons. The minimum absolute atomic E-state index is 0.0573. The molecular formula is C14H13BrN4O4. The van der Waals surface area contributed by atoms with Crippen LogP contribution in [0, 0.1) is 5.92 Å². The molecule has 8 nitrogen and oxygen atoms in total. The SMILES string of the molecule is O=C1CN(NC(=O)C2CC(=O)N(c3cccc(Br)c3)C2)C(=O)N1. The normalized spacial score (nSPS) is 20.9. The maximum absolute atomic E-state index is 12.2. The number of rotatable bonds is 3. The largest absolute Gasteiger partial charge is 0.343 e. The molecule has 2 aliphatic rings. The van der Waals surface area contributed by atoms with Crippen LogP contribution in [0.2, 0.25) is 0 Å². The number of amides is 5. The molecule has 1 unspecified atom stereocenters. The van der Waals surface area contributed by atoms with E-state index < -0.39 is 23.8 Å². The van der Waals surface area contributed by atoms with Crippen molar-refractivity contribution in [3.8, 4) is 0 Å². The van der Waals surface area contributed by atoms with E-state index in [0.717, 1.165) is 9.48 Å². The number of imide groups is 1. The Morgan fingerprint density at radius 3 is 2.74 bits per heavy atom. The van der Waals surface area contributed by atoms with Crippen molar-refractivity contribution in [2.45, 2.75) is 6.42 Å². The van der Waals surface area contributed by atoms with Crippen LogP contribution in [0.4, 0.5) is 10.5 Å². The monoisotopic (exact) mass is 380 g/mol. The average Bonchev–Trinajstić information content (AvgIpc) is 3.02. The molecule has 120 valence electrons. The Hall–Kier alpha value is -2.42. The maximum atomic E-state index is 12.2. The Morgan fingerprint density at radius 1 is 1.30 bits per heavy atom. The number of nitrogens with zero attached hydrogens (tertiary/aromatic N) is 2. The van der Waals surface area contributed by atoms with E-state index in [-0.39, 0.29) is 25.4 Å². The van der Waals surface area contributed by atoms with Crippen LogP contribution in [-0.2, 0) is 14.4 Å². The Kier molecular flexibility index (Phi) is 4.03. The Bertz CT molecular complexity index is 708. The van der Waals surface area contributed by atoms with Gasteiger partial charge in [-0.25, -0.2) is 9.80 Å². The number of benzene rings is 1. The van der Waals surface area contributed by atoms with Crippen LogP contribution in [0.25, 0.3) is 0 Å². The second-order valence-corrected chi connectivity index (χ2v) is 6.22. The standard InChI is InChI=1S/C14H13BrN4O4/c15-9-2-1-3-10(5-9)18-6-8(4-12(18)21)13(22)17-19-7-11(20)16-14(19)23/h1-3,5,8H,4,6-7H2,(H,17,22)(H,16,20,23). The lowest BCUT2D eigenvalue weighted by molar-refractivity contribution is -0.129. The van der Waals surface area contributed by atoms with E-state index >= 15 is 0 Å². The molecule has 1 aromatic rings. The van der Waals surface area contributed by atoms with E-state index in [4.69, 9.17) is 0 Å². The van der Waals surface area contributed by atoms with Gasteiger partial charge in [0.15, 0.2) is 0 Å². The van der Waals surface area contributed by atoms with Crippen LogP contribution in [0.1, 0.15) is 6.42 Å². The van der Waals surface area contributed by atoms with Crippen LogP contribution in [0.3, 0.4) is 0 Å². The van der Waals surface area contributed by atoms with Gasteiger partial charge in [-0.1, -0.05) is 22.0 Å². The summed E-state index contributed by atoms with van der Waals surface area (Å²) in [4.78, 5) is 48.4. The Morgan fingerprint density at radius 2 is 2.09 bits per heavy atom. The van der Waals surface area contributed by atoms with Gasteiger partial charge in [0.05, 0.1) is 5.92 Å². The van der Waals surface area contributed by atoms with Crippen LogP contribution in [0.5, 0.6) is 0 Å². The molecule has 1 aromatic carbocycles. The summed E-state index contributed by atoms with van der Waals surface area (Å²) in [5.41, 5.74) is 3.08. The molecular weight excluding hydrogens is 368 g/mol. The predicted octanol–water partition coefficient (Wildman–Crippen LogP) is 0.385. The second-order valence-electron chi connectivity index (χ2n) is 5.30. The van der Waals surface area contributed by atoms with Crippen LogP contribution in [-0.4, -0.2) is 41.9 Å². The van der Waals surface area contributed by atoms with Crippen molar-refractivity contribution in [2.24, 2.45) is 5.92 Å². The third-order valence-corrected chi connectivity index (χ3v) is 4.15. The summed E-state index contributed by atoms with van der Waals surface area (Å²) in [6, 6.07) is 6.56. The van der Waals surface area contributed by atoms with Gasteiger partial charge in [-0.15, -0.1) is 0 Å². The molecule has 2 aliphatic heterocycles. The summed E-state index contributed by atoms with van der Waals surface area (Å²) in [5, 5.41) is 2.98. The zero-order valence-electron chi connectivity index (χ0n) is 11.9. The number of nitrogens with one attached hydrogen (secondary N) is 2. The van der Waals surface area contributed by atoms with Crippen molar-refractivity contribution in [2.75, 3.05) is 18.0 Å². The summed E-state index contributed by atoms with van der Waals surface area (Å²) >= 11 is 3.34. The van der Waals surface area contributed by atoms with Gasteiger partial charge in [0, 0.05) is 23.1 Å². The lowest BCUT2D eigenvalue weighted by Crippen LogP contribution is -2.47. The van der Waals surface area contributed by atoms with Crippen molar-refractivity contribution in [3.05, 3.63) is 28.7 Å². The van der Waals surface area contributed by atoms with Crippen LogP contribution in [0.15, 0.2) is 28.7 Å². The number of hydrogen-bond donors (Lipinski definition) is 2. The summed E-state index contributed by atoms with van der Waals surface area (Å²) < 4.78 is 0.836. The third kappa shape index (κ3) is 3.19. The molecule has 0 saturated carbocycles. The number of halogens is 1. The highest BCUT2D eigenvalue weighted by Crippen LogP contribution is 2.27. The topological polar surface area (TPSA) is 98.8 Å². The molecule has 2 saturated heterocycles. The predicted molar refractivity (Wildman–Crippen MR) is 83.0 cm³/mol. The minimum Gasteiger partial charge on any atom is -0.312 e. The molecule has 2 fully saturated rings. The van der Waals surface area contributed by atoms with E-state index in [0.29, 0.717) is 5.69 Å². The fourth-order valence-corrected chi connectivity index (χ4v) is 2.92. The highest BCUT2D eigenvalue weighted by atomic mass is 79.9. The molecule has 1 atom stereocenters. The van der Waals surface area contributed by atoms with Crippen LogP contribution >= 0.6 is 15.9 Å². The first-order valence-corrected chi connectivity index (χ1v) is 7.71. The zero-order valence-corrected chi connectivity index (χ0v) is 13.5. The number of hydrogen-bond acceptors (Lipinski definition) is 4. The lowest BCUT2D eigenvalue weighted by Gasteiger charge is -2.19. The number of hydrazine groups is 1. The Labute approximate surface area is 139 Å². The van der Waals surface area contributed by atoms with Gasteiger partial charge >= 0.3 is 6.03 Å². The fourth-order valence-electron chi connectivity index (χ4n) is 2.53. The van der Waals surface area contributed by atoms with Crippen molar-refractivity contribution >= 4 is 45.4 Å². The van der Waals surface area contributed by atoms with Crippen molar-refractivity contribution in [1.82, 2.24) is 15.8 Å². The fraction of sp³-hybridized carbons (Fsp3) is 0.286. The molecule has 23 heavy (non-hydrogen) atoms. The first kappa shape index (κ1) is 15.5. The van der Waals surface area contributed by atoms with Gasteiger partial charge in [0.2, 0.25) is 17.7 Å². The quantitative estimate of drug-likeness (QED) is 0.740. The number of carbonyl (C=O) groups is 4. The molecule has 0 aliphatic carbocycles. The van der Waals surface area contributed by atoms with E-state index in [1.807, 2.05) is 6.07 Å². The van der Waals surface area contributed by atoms with Gasteiger partial charge in [-0.05, 0) is 18.2 Å². The zero-order chi connectivity index (χ0) is 16.6. The first-order valence-electron chi connectivity index (χ1n) is 6.92. The van der Waals surface area contributed by atoms with E-state index in [2.05, 4.69) is 26.7 Å². The number of carbonyl (C=O) groups excluding carboxylic acids is 4. The highest BCUT2D eigenvalue weighted by molar-refractivity contribution is 9.10. The molecule has 0 aromatic heterocycles. The molecule has 9 heteroatoms. The van der Waals surface area contributed by atoms with Gasteiger partial charge in [0.25, 0.3) is 0 Å². The summed E-state index contributed by atoms with van der Waals surface area (Å²) in [6.45, 7) is 0.00507. The summed E-state index contributed by atoms with van der Waals surface area (Å²) in [6.07, 6.45) is 0.0573. The van der Waals surface area contributed by atoms with Crippen molar-refractivity contribution in [1.29, 1.82) is 0 Å². The molecule has 5 amide bonds.